The van der Waals surface area contributed by atoms with Gasteiger partial charge in [0.1, 0.15) is 6.23 Å². The van der Waals surface area contributed by atoms with Crippen molar-refractivity contribution in [2.45, 2.75) is 55.6 Å². The van der Waals surface area contributed by atoms with Gasteiger partial charge in [-0.05, 0) is 38.3 Å². The first kappa shape index (κ1) is 28.2. The van der Waals surface area contributed by atoms with E-state index in [1.165, 1.54) is 16.8 Å². The van der Waals surface area contributed by atoms with Gasteiger partial charge in [0.15, 0.2) is 0 Å². The molecule has 10 nitrogen and oxygen atoms in total. The second kappa shape index (κ2) is 12.2. The monoisotopic (exact) mass is 546 g/mol. The molecule has 1 aliphatic heterocycles. The number of hydrogen-bond donors (Lipinski definition) is 3. The molecule has 4 unspecified atom stereocenters. The van der Waals surface area contributed by atoms with Gasteiger partial charge < -0.3 is 14.7 Å². The van der Waals surface area contributed by atoms with E-state index in [4.69, 9.17) is 13.8 Å². The predicted molar refractivity (Wildman–Crippen MR) is 136 cm³/mol. The van der Waals surface area contributed by atoms with Gasteiger partial charge in [-0.3, -0.25) is 23.4 Å². The maximum Gasteiger partial charge on any atom is 0.472 e. The molecule has 4 atom stereocenters. The lowest BCUT2D eigenvalue weighted by Crippen LogP contribution is -2.33. The first-order valence-electron chi connectivity index (χ1n) is 11.1. The molecule has 0 aliphatic carbocycles. The molecule has 0 bridgehead atoms. The molecule has 2 heterocycles. The Bertz CT molecular complexity index is 1150. The van der Waals surface area contributed by atoms with Gasteiger partial charge in [0, 0.05) is 27.8 Å². The minimum Gasteiger partial charge on any atom is -0.395 e. The maximum absolute atomic E-state index is 12.4. The predicted octanol–water partition coefficient (Wildman–Crippen LogP) is 3.35. The number of nitrogens with zero attached hydrogens (tertiary/aromatic N) is 1. The number of rotatable bonds is 12. The van der Waals surface area contributed by atoms with Crippen LogP contribution in [-0.4, -0.2) is 50.2 Å². The summed E-state index contributed by atoms with van der Waals surface area (Å²) in [5, 5.41) is 9.45. The van der Waals surface area contributed by atoms with E-state index in [0.29, 0.717) is 12.8 Å². The Morgan fingerprint density at radius 1 is 1.26 bits per heavy atom. The number of nitrogens with one attached hydrogen (secondary N) is 1. The number of phosphoric ester groups is 1. The lowest BCUT2D eigenvalue weighted by Gasteiger charge is -2.20. The van der Waals surface area contributed by atoms with Crippen molar-refractivity contribution in [3.05, 3.63) is 62.9 Å². The van der Waals surface area contributed by atoms with Crippen molar-refractivity contribution >= 4 is 29.4 Å². The number of aromatic nitrogens is 2. The van der Waals surface area contributed by atoms with Crippen LogP contribution in [0.25, 0.3) is 0 Å². The largest absolute Gasteiger partial charge is 0.472 e. The van der Waals surface area contributed by atoms with Crippen LogP contribution >= 0.6 is 29.4 Å². The summed E-state index contributed by atoms with van der Waals surface area (Å²) < 4.78 is 29.5. The fourth-order valence-corrected chi connectivity index (χ4v) is 6.58. The molecule has 1 aliphatic rings. The molecule has 1 saturated heterocycles. The molecule has 1 aromatic carbocycles. The average molecular weight is 547 g/mol. The molecule has 3 N–H and O–H groups in total. The average Bonchev–Trinajstić information content (AvgIpc) is 3.17. The van der Waals surface area contributed by atoms with Crippen LogP contribution < -0.4 is 11.2 Å². The highest BCUT2D eigenvalue weighted by atomic mass is 33.1. The summed E-state index contributed by atoms with van der Waals surface area (Å²) >= 11 is 0. The van der Waals surface area contributed by atoms with E-state index in [9.17, 15) is 24.2 Å². The molecule has 3 rings (SSSR count). The van der Waals surface area contributed by atoms with Crippen LogP contribution in [0.5, 0.6) is 0 Å². The molecule has 0 spiro atoms. The quantitative estimate of drug-likeness (QED) is 0.268. The molecule has 0 radical (unpaired) electrons. The Morgan fingerprint density at radius 2 is 2.00 bits per heavy atom. The van der Waals surface area contributed by atoms with Crippen LogP contribution in [0.2, 0.25) is 0 Å². The second-order valence-corrected chi connectivity index (χ2v) is 13.3. The first-order valence-corrected chi connectivity index (χ1v) is 14.8. The van der Waals surface area contributed by atoms with Gasteiger partial charge in [-0.2, -0.15) is 0 Å². The third-order valence-corrected chi connectivity index (χ3v) is 9.71. The highest BCUT2D eigenvalue weighted by Crippen LogP contribution is 2.45. The number of benzene rings is 1. The molecule has 0 saturated carbocycles. The van der Waals surface area contributed by atoms with E-state index in [1.54, 1.807) is 21.6 Å². The molecule has 2 aromatic rings. The van der Waals surface area contributed by atoms with E-state index in [1.807, 2.05) is 45.0 Å². The number of aliphatic hydroxyl groups excluding tert-OH is 1. The van der Waals surface area contributed by atoms with Gasteiger partial charge >= 0.3 is 13.5 Å². The van der Waals surface area contributed by atoms with Gasteiger partial charge in [0.2, 0.25) is 0 Å². The fourth-order valence-electron chi connectivity index (χ4n) is 3.45. The van der Waals surface area contributed by atoms with Crippen molar-refractivity contribution in [1.29, 1.82) is 0 Å². The maximum atomic E-state index is 12.4. The Balaban J connectivity index is 1.49. The van der Waals surface area contributed by atoms with Crippen LogP contribution in [0.4, 0.5) is 0 Å². The minimum atomic E-state index is -4.31. The number of ether oxygens (including phenoxy) is 1. The molecular weight excluding hydrogens is 515 g/mol. The van der Waals surface area contributed by atoms with Gasteiger partial charge in [0.05, 0.1) is 25.9 Å². The zero-order valence-corrected chi connectivity index (χ0v) is 22.3. The third kappa shape index (κ3) is 8.33. The number of aromatic amines is 1. The Morgan fingerprint density at radius 3 is 2.71 bits per heavy atom. The lowest BCUT2D eigenvalue weighted by atomic mass is 10.1. The molecule has 1 fully saturated rings. The smallest absolute Gasteiger partial charge is 0.395 e. The summed E-state index contributed by atoms with van der Waals surface area (Å²) in [6.45, 7) is 5.64. The summed E-state index contributed by atoms with van der Waals surface area (Å²) in [6, 6.07) is 8.92. The first-order chi connectivity index (χ1) is 16.5. The zero-order valence-electron chi connectivity index (χ0n) is 19.8. The zero-order chi connectivity index (χ0) is 25.6. The summed E-state index contributed by atoms with van der Waals surface area (Å²) in [6.07, 6.45) is 1.15. The van der Waals surface area contributed by atoms with Crippen molar-refractivity contribution in [3.63, 3.8) is 0 Å². The molecular formula is C22H31N2O8PS2. The summed E-state index contributed by atoms with van der Waals surface area (Å²) in [5.41, 5.74) is -0.117. The molecule has 13 heteroatoms. The minimum absolute atomic E-state index is 0.0171. The summed E-state index contributed by atoms with van der Waals surface area (Å²) in [5.74, 6) is -0.0751. The highest BCUT2D eigenvalue weighted by Gasteiger charge is 2.36. The van der Waals surface area contributed by atoms with Crippen LogP contribution in [0, 0.1) is 5.92 Å². The Labute approximate surface area is 211 Å². The molecule has 194 valence electrons. The number of H-pyrrole nitrogens is 1. The van der Waals surface area contributed by atoms with E-state index < -0.39 is 31.4 Å². The van der Waals surface area contributed by atoms with Gasteiger partial charge in [0.25, 0.3) is 5.56 Å². The molecule has 35 heavy (non-hydrogen) atoms. The van der Waals surface area contributed by atoms with Crippen LogP contribution in [0.1, 0.15) is 39.0 Å². The van der Waals surface area contributed by atoms with Crippen molar-refractivity contribution in [2.24, 2.45) is 5.92 Å². The van der Waals surface area contributed by atoms with Crippen LogP contribution in [-0.2, 0) is 24.8 Å². The normalized spacial score (nSPS) is 22.3. The summed E-state index contributed by atoms with van der Waals surface area (Å²) in [7, 11) is -1.22. The topological polar surface area (TPSA) is 140 Å². The fraction of sp³-hybridized carbons (Fsp3) is 0.545. The standard InChI is InChI=1S/C22H31N2O8PS2/c1-15-12-17(32-20(15)24-10-8-19(26)23-21(24)27)13-31-33(28,29)30-11-9-16-6-4-5-7-18(16)34-35-22(2,3)14-25/h4-8,10,15,17,20,25H,9,11-14H2,1-3H3,(H,28,29)(H,23,26,27). The molecule has 0 amide bonds. The highest BCUT2D eigenvalue weighted by molar-refractivity contribution is 8.77. The van der Waals surface area contributed by atoms with E-state index in [-0.39, 0.29) is 30.5 Å². The van der Waals surface area contributed by atoms with Crippen molar-refractivity contribution in [3.8, 4) is 0 Å². The number of phosphoric acid groups is 1. The Hall–Kier alpha value is -1.37. The van der Waals surface area contributed by atoms with E-state index in [2.05, 4.69) is 4.98 Å². The van der Waals surface area contributed by atoms with Gasteiger partial charge in [-0.15, -0.1) is 0 Å². The van der Waals surface area contributed by atoms with Crippen LogP contribution in [0.15, 0.2) is 51.0 Å². The number of aliphatic hydroxyl groups is 1. The summed E-state index contributed by atoms with van der Waals surface area (Å²) in [4.78, 5) is 36.6. The molecule has 1 aromatic heterocycles. The third-order valence-electron chi connectivity index (χ3n) is 5.34. The van der Waals surface area contributed by atoms with Gasteiger partial charge in [-0.1, -0.05) is 46.7 Å². The SMILES string of the molecule is CC1CC(COP(=O)(O)OCCc2ccccc2SSC(C)(C)CO)OC1n1ccc(=O)[nH]c1=O. The van der Waals surface area contributed by atoms with Crippen molar-refractivity contribution < 1.29 is 28.3 Å². The number of hydrogen-bond acceptors (Lipinski definition) is 9. The van der Waals surface area contributed by atoms with Gasteiger partial charge in [-0.25, -0.2) is 9.36 Å². The van der Waals surface area contributed by atoms with Crippen molar-refractivity contribution in [1.82, 2.24) is 9.55 Å². The Kier molecular flexibility index (Phi) is 9.87. The lowest BCUT2D eigenvalue weighted by molar-refractivity contribution is -0.0345. The van der Waals surface area contributed by atoms with Crippen molar-refractivity contribution in [2.75, 3.05) is 19.8 Å². The van der Waals surface area contributed by atoms with Crippen LogP contribution in [0.3, 0.4) is 0 Å². The second-order valence-electron chi connectivity index (χ2n) is 8.92. The van der Waals surface area contributed by atoms with E-state index >= 15 is 0 Å². The van der Waals surface area contributed by atoms with E-state index in [0.717, 1.165) is 10.5 Å².